The number of aryl methyl sites for hydroxylation is 1. The molecule has 0 N–H and O–H groups in total. The summed E-state index contributed by atoms with van der Waals surface area (Å²) in [7, 11) is 5.63. The van der Waals surface area contributed by atoms with Gasteiger partial charge < -0.3 is 14.4 Å². The van der Waals surface area contributed by atoms with E-state index in [0.29, 0.717) is 16.0 Å². The van der Waals surface area contributed by atoms with E-state index in [1.54, 1.807) is 6.07 Å². The molecule has 29 heavy (non-hydrogen) atoms. The van der Waals surface area contributed by atoms with E-state index < -0.39 is 0 Å². The van der Waals surface area contributed by atoms with E-state index in [-0.39, 0.29) is 17.1 Å². The Bertz CT molecular complexity index is 1180. The van der Waals surface area contributed by atoms with Crippen molar-refractivity contribution in [3.05, 3.63) is 58.9 Å². The van der Waals surface area contributed by atoms with Crippen molar-refractivity contribution >= 4 is 51.6 Å². The molecule has 0 spiro atoms. The highest BCUT2D eigenvalue weighted by Crippen LogP contribution is 2.40. The number of rotatable bonds is 4. The lowest BCUT2D eigenvalue weighted by Crippen LogP contribution is -2.26. The second-order valence-corrected chi connectivity index (χ2v) is 8.09. The topological polar surface area (TPSA) is 65.2 Å². The van der Waals surface area contributed by atoms with Crippen LogP contribution >= 0.6 is 23.4 Å². The minimum absolute atomic E-state index is 0.120. The summed E-state index contributed by atoms with van der Waals surface area (Å²) >= 11 is 7.36. The van der Waals surface area contributed by atoms with Crippen molar-refractivity contribution in [2.45, 2.75) is 5.16 Å². The van der Waals surface area contributed by atoms with E-state index in [2.05, 4.69) is 11.1 Å². The van der Waals surface area contributed by atoms with Crippen molar-refractivity contribution in [1.82, 2.24) is 9.55 Å². The van der Waals surface area contributed by atoms with Gasteiger partial charge in [-0.15, -0.1) is 0 Å². The molecule has 2 heterocycles. The summed E-state index contributed by atoms with van der Waals surface area (Å²) in [6.07, 6.45) is 0. The molecule has 0 bridgehead atoms. The van der Waals surface area contributed by atoms with Gasteiger partial charge in [0.2, 0.25) is 0 Å². The first-order valence-corrected chi connectivity index (χ1v) is 10.3. The number of carbonyl (C=O) groups is 1. The maximum Gasteiger partial charge on any atom is 0.187 e. The second-order valence-electron chi connectivity index (χ2n) is 6.72. The van der Waals surface area contributed by atoms with Crippen LogP contribution in [0, 0.1) is 11.3 Å². The molecule has 0 radical (unpaired) electrons. The zero-order chi connectivity index (χ0) is 20.7. The standard InChI is InChI=1S/C21H18ClN5OS/c1-25-17-6-4-5-7-18(17)26(2)20(25)14(11-23)19(28)12-29-21-24-15-10-13(22)8-9-16(15)27(21)3/h4-10H,12H2,1-3H3. The van der Waals surface area contributed by atoms with Gasteiger partial charge in [0.05, 0.1) is 28.2 Å². The number of para-hydroxylation sites is 2. The Hall–Kier alpha value is -2.95. The lowest BCUT2D eigenvalue weighted by Gasteiger charge is -2.19. The summed E-state index contributed by atoms with van der Waals surface area (Å²) in [6, 6.07) is 15.4. The number of imidazole rings is 1. The number of aromatic nitrogens is 2. The van der Waals surface area contributed by atoms with Gasteiger partial charge >= 0.3 is 0 Å². The number of anilines is 2. The van der Waals surface area contributed by atoms with E-state index in [1.807, 2.05) is 71.9 Å². The van der Waals surface area contributed by atoms with E-state index >= 15 is 0 Å². The molecule has 1 aliphatic rings. The fourth-order valence-corrected chi connectivity index (χ4v) is 4.57. The summed E-state index contributed by atoms with van der Waals surface area (Å²) in [5.74, 6) is 0.482. The van der Waals surface area contributed by atoms with Gasteiger partial charge in [0.1, 0.15) is 17.5 Å². The molecule has 2 aromatic carbocycles. The van der Waals surface area contributed by atoms with E-state index in [4.69, 9.17) is 11.6 Å². The second kappa shape index (κ2) is 7.47. The van der Waals surface area contributed by atoms with Gasteiger partial charge in [-0.25, -0.2) is 4.98 Å². The summed E-state index contributed by atoms with van der Waals surface area (Å²) in [6.45, 7) is 0. The average molecular weight is 424 g/mol. The number of hydrogen-bond acceptors (Lipinski definition) is 6. The monoisotopic (exact) mass is 423 g/mol. The molecule has 0 unspecified atom stereocenters. The van der Waals surface area contributed by atoms with E-state index in [9.17, 15) is 10.1 Å². The number of hydrogen-bond donors (Lipinski definition) is 0. The van der Waals surface area contributed by atoms with Crippen LogP contribution in [0.1, 0.15) is 0 Å². The van der Waals surface area contributed by atoms with Gasteiger partial charge in [-0.1, -0.05) is 35.5 Å². The predicted molar refractivity (Wildman–Crippen MR) is 117 cm³/mol. The minimum Gasteiger partial charge on any atom is -0.328 e. The predicted octanol–water partition coefficient (Wildman–Crippen LogP) is 4.21. The molecule has 146 valence electrons. The summed E-state index contributed by atoms with van der Waals surface area (Å²) in [5.41, 5.74) is 3.78. The Kier molecular flexibility index (Phi) is 4.99. The number of nitriles is 1. The van der Waals surface area contributed by atoms with Crippen LogP contribution in [0.5, 0.6) is 0 Å². The van der Waals surface area contributed by atoms with Crippen molar-refractivity contribution in [2.24, 2.45) is 7.05 Å². The van der Waals surface area contributed by atoms with Crippen molar-refractivity contribution in [3.63, 3.8) is 0 Å². The Labute approximate surface area is 178 Å². The molecule has 0 atom stereocenters. The number of Topliss-reactive ketones (excluding diaryl/α,β-unsaturated/α-hetero) is 1. The quantitative estimate of drug-likeness (QED) is 0.356. The SMILES string of the molecule is CN1C(=C(C#N)C(=O)CSc2nc3cc(Cl)ccc3n2C)N(C)c2ccccc21. The van der Waals surface area contributed by atoms with Gasteiger partial charge in [-0.2, -0.15) is 5.26 Å². The van der Waals surface area contributed by atoms with Crippen LogP contribution in [0.3, 0.4) is 0 Å². The zero-order valence-electron chi connectivity index (χ0n) is 16.2. The molecule has 0 amide bonds. The first-order valence-electron chi connectivity index (χ1n) is 8.91. The molecular weight excluding hydrogens is 406 g/mol. The average Bonchev–Trinajstić information content (AvgIpc) is 3.16. The zero-order valence-corrected chi connectivity index (χ0v) is 17.8. The van der Waals surface area contributed by atoms with Crippen LogP contribution in [-0.2, 0) is 11.8 Å². The Balaban J connectivity index is 1.61. The largest absolute Gasteiger partial charge is 0.328 e. The maximum absolute atomic E-state index is 12.9. The molecule has 8 heteroatoms. The van der Waals surface area contributed by atoms with Gasteiger partial charge in [0.15, 0.2) is 10.9 Å². The number of carbonyl (C=O) groups excluding carboxylic acids is 1. The number of fused-ring (bicyclic) bond motifs is 2. The lowest BCUT2D eigenvalue weighted by molar-refractivity contribution is -0.112. The number of benzene rings is 2. The molecule has 1 aliphatic heterocycles. The molecule has 0 aliphatic carbocycles. The number of allylic oxidation sites excluding steroid dienone is 1. The van der Waals surface area contributed by atoms with E-state index in [1.165, 1.54) is 11.8 Å². The number of thioether (sulfide) groups is 1. The smallest absolute Gasteiger partial charge is 0.187 e. The lowest BCUT2D eigenvalue weighted by atomic mass is 10.2. The summed E-state index contributed by atoms with van der Waals surface area (Å²) in [4.78, 5) is 21.3. The summed E-state index contributed by atoms with van der Waals surface area (Å²) in [5, 5.41) is 11.1. The fourth-order valence-electron chi connectivity index (χ4n) is 3.54. The molecule has 6 nitrogen and oxygen atoms in total. The third kappa shape index (κ3) is 3.24. The van der Waals surface area contributed by atoms with Crippen LogP contribution in [0.25, 0.3) is 11.0 Å². The molecule has 4 rings (SSSR count). The fraction of sp³-hybridized carbons (Fsp3) is 0.190. The third-order valence-electron chi connectivity index (χ3n) is 4.99. The molecule has 3 aromatic rings. The Morgan fingerprint density at radius 3 is 2.41 bits per heavy atom. The van der Waals surface area contributed by atoms with Gasteiger partial charge in [-0.05, 0) is 30.3 Å². The molecule has 0 saturated heterocycles. The van der Waals surface area contributed by atoms with Crippen molar-refractivity contribution in [3.8, 4) is 6.07 Å². The van der Waals surface area contributed by atoms with Crippen LogP contribution in [0.15, 0.2) is 59.0 Å². The van der Waals surface area contributed by atoms with Crippen LogP contribution in [-0.4, -0.2) is 35.2 Å². The van der Waals surface area contributed by atoms with Gasteiger partial charge in [0.25, 0.3) is 0 Å². The van der Waals surface area contributed by atoms with Crippen LogP contribution in [0.4, 0.5) is 11.4 Å². The summed E-state index contributed by atoms with van der Waals surface area (Å²) < 4.78 is 1.92. The van der Waals surface area contributed by atoms with Gasteiger partial charge in [-0.3, -0.25) is 4.79 Å². The minimum atomic E-state index is -0.232. The number of nitrogens with zero attached hydrogens (tertiary/aromatic N) is 5. The Morgan fingerprint density at radius 2 is 1.79 bits per heavy atom. The molecule has 0 fully saturated rings. The van der Waals surface area contributed by atoms with Crippen molar-refractivity contribution in [1.29, 1.82) is 5.26 Å². The highest BCUT2D eigenvalue weighted by molar-refractivity contribution is 7.99. The van der Waals surface area contributed by atoms with E-state index in [0.717, 1.165) is 22.4 Å². The number of halogens is 1. The van der Waals surface area contributed by atoms with Gasteiger partial charge in [0, 0.05) is 26.2 Å². The molecule has 0 saturated carbocycles. The first kappa shape index (κ1) is 19.4. The van der Waals surface area contributed by atoms with Crippen molar-refractivity contribution in [2.75, 3.05) is 29.6 Å². The first-order chi connectivity index (χ1) is 13.9. The normalized spacial score (nSPS) is 13.0. The van der Waals surface area contributed by atoms with Crippen LogP contribution in [0.2, 0.25) is 5.02 Å². The molecule has 1 aromatic heterocycles. The maximum atomic E-state index is 12.9. The van der Waals surface area contributed by atoms with Crippen molar-refractivity contribution < 1.29 is 4.79 Å². The third-order valence-corrected chi connectivity index (χ3v) is 6.25. The highest BCUT2D eigenvalue weighted by Gasteiger charge is 2.31. The highest BCUT2D eigenvalue weighted by atomic mass is 35.5. The Morgan fingerprint density at radius 1 is 1.14 bits per heavy atom. The number of ketones is 1. The van der Waals surface area contributed by atoms with Crippen LogP contribution < -0.4 is 9.80 Å². The molecular formula is C21H18ClN5OS.